The van der Waals surface area contributed by atoms with E-state index < -0.39 is 0 Å². The standard InChI is InChI=1S/C14H17ClN2O/c1-18-14-7-6-11(15)8-13(14)17-12-5-3-2-4-10(12)9-16/h6-8,10,12,17H,2-5H2,1H3. The zero-order valence-electron chi connectivity index (χ0n) is 10.4. The molecule has 1 fully saturated rings. The fraction of sp³-hybridized carbons (Fsp3) is 0.500. The van der Waals surface area contributed by atoms with E-state index in [9.17, 15) is 5.26 Å². The van der Waals surface area contributed by atoms with Gasteiger partial charge in [-0.1, -0.05) is 24.4 Å². The average molecular weight is 265 g/mol. The minimum atomic E-state index is 0.0717. The molecular formula is C14H17ClN2O. The molecule has 0 spiro atoms. The molecule has 0 heterocycles. The molecule has 0 amide bonds. The van der Waals surface area contributed by atoms with Crippen LogP contribution in [0.2, 0.25) is 5.02 Å². The predicted octanol–water partition coefficient (Wildman–Crippen LogP) is 3.84. The number of nitriles is 1. The minimum absolute atomic E-state index is 0.0717. The van der Waals surface area contributed by atoms with E-state index in [1.165, 1.54) is 6.42 Å². The van der Waals surface area contributed by atoms with Gasteiger partial charge in [-0.25, -0.2) is 0 Å². The van der Waals surface area contributed by atoms with Crippen molar-refractivity contribution in [3.8, 4) is 11.8 Å². The number of hydrogen-bond donors (Lipinski definition) is 1. The van der Waals surface area contributed by atoms with Gasteiger partial charge in [0.25, 0.3) is 0 Å². The van der Waals surface area contributed by atoms with Gasteiger partial charge in [-0.05, 0) is 31.0 Å². The highest BCUT2D eigenvalue weighted by Crippen LogP contribution is 2.32. The lowest BCUT2D eigenvalue weighted by molar-refractivity contribution is 0.383. The van der Waals surface area contributed by atoms with Crippen LogP contribution in [0.3, 0.4) is 0 Å². The second-order valence-electron chi connectivity index (χ2n) is 4.62. The van der Waals surface area contributed by atoms with E-state index in [2.05, 4.69) is 11.4 Å². The van der Waals surface area contributed by atoms with E-state index in [1.807, 2.05) is 12.1 Å². The van der Waals surface area contributed by atoms with Crippen molar-refractivity contribution in [2.45, 2.75) is 31.7 Å². The van der Waals surface area contributed by atoms with Crippen LogP contribution in [0, 0.1) is 17.2 Å². The van der Waals surface area contributed by atoms with Gasteiger partial charge in [-0.3, -0.25) is 0 Å². The zero-order valence-corrected chi connectivity index (χ0v) is 11.2. The Morgan fingerprint density at radius 3 is 2.89 bits per heavy atom. The molecule has 0 aromatic heterocycles. The van der Waals surface area contributed by atoms with Crippen LogP contribution >= 0.6 is 11.6 Å². The van der Waals surface area contributed by atoms with Crippen LogP contribution in [0.4, 0.5) is 5.69 Å². The van der Waals surface area contributed by atoms with Crippen LogP contribution in [0.25, 0.3) is 0 Å². The van der Waals surface area contributed by atoms with E-state index in [0.717, 1.165) is 30.7 Å². The number of hydrogen-bond acceptors (Lipinski definition) is 3. The minimum Gasteiger partial charge on any atom is -0.495 e. The summed E-state index contributed by atoms with van der Waals surface area (Å²) in [4.78, 5) is 0. The molecule has 2 atom stereocenters. The number of ether oxygens (including phenoxy) is 1. The lowest BCUT2D eigenvalue weighted by atomic mass is 9.85. The van der Waals surface area contributed by atoms with Gasteiger partial charge in [-0.15, -0.1) is 0 Å². The van der Waals surface area contributed by atoms with Gasteiger partial charge >= 0.3 is 0 Å². The first-order valence-corrected chi connectivity index (χ1v) is 6.62. The van der Waals surface area contributed by atoms with Gasteiger partial charge < -0.3 is 10.1 Å². The maximum Gasteiger partial charge on any atom is 0.142 e. The number of halogens is 1. The average Bonchev–Trinajstić information content (AvgIpc) is 2.40. The number of anilines is 1. The molecule has 1 saturated carbocycles. The molecule has 1 aliphatic rings. The normalized spacial score (nSPS) is 23.2. The summed E-state index contributed by atoms with van der Waals surface area (Å²) in [5.41, 5.74) is 0.872. The molecule has 0 aliphatic heterocycles. The molecule has 18 heavy (non-hydrogen) atoms. The van der Waals surface area contributed by atoms with Crippen LogP contribution in [0.5, 0.6) is 5.75 Å². The van der Waals surface area contributed by atoms with Crippen molar-refractivity contribution >= 4 is 17.3 Å². The van der Waals surface area contributed by atoms with Crippen molar-refractivity contribution in [3.05, 3.63) is 23.2 Å². The van der Waals surface area contributed by atoms with E-state index in [-0.39, 0.29) is 12.0 Å². The Hall–Kier alpha value is -1.40. The van der Waals surface area contributed by atoms with Crippen molar-refractivity contribution in [1.29, 1.82) is 5.26 Å². The van der Waals surface area contributed by atoms with Crippen LogP contribution in [0.15, 0.2) is 18.2 Å². The Balaban J connectivity index is 2.17. The number of methoxy groups -OCH3 is 1. The number of nitrogens with zero attached hydrogens (tertiary/aromatic N) is 1. The third-order valence-electron chi connectivity index (χ3n) is 3.43. The van der Waals surface area contributed by atoms with Gasteiger partial charge in [0.1, 0.15) is 5.75 Å². The summed E-state index contributed by atoms with van der Waals surface area (Å²) in [6.45, 7) is 0. The Labute approximate surface area is 113 Å². The SMILES string of the molecule is COc1ccc(Cl)cc1NC1CCCCC1C#N. The van der Waals surface area contributed by atoms with Crippen molar-refractivity contribution in [3.63, 3.8) is 0 Å². The summed E-state index contributed by atoms with van der Waals surface area (Å²) in [7, 11) is 1.64. The first kappa shape index (κ1) is 13.0. The van der Waals surface area contributed by atoms with E-state index in [0.29, 0.717) is 5.02 Å². The highest BCUT2D eigenvalue weighted by Gasteiger charge is 2.25. The summed E-state index contributed by atoms with van der Waals surface area (Å²) in [6.07, 6.45) is 4.30. The molecule has 0 radical (unpaired) electrons. The van der Waals surface area contributed by atoms with Gasteiger partial charge in [0, 0.05) is 11.1 Å². The second kappa shape index (κ2) is 5.97. The molecule has 0 saturated heterocycles. The van der Waals surface area contributed by atoms with Gasteiger partial charge in [0.05, 0.1) is 24.8 Å². The van der Waals surface area contributed by atoms with Crippen molar-refractivity contribution in [2.24, 2.45) is 5.92 Å². The summed E-state index contributed by atoms with van der Waals surface area (Å²) in [6, 6.07) is 8.07. The molecule has 4 heteroatoms. The number of nitrogens with one attached hydrogen (secondary N) is 1. The molecule has 96 valence electrons. The van der Waals surface area contributed by atoms with Gasteiger partial charge in [-0.2, -0.15) is 5.26 Å². The third kappa shape index (κ3) is 2.88. The summed E-state index contributed by atoms with van der Waals surface area (Å²) >= 11 is 6.00. The Morgan fingerprint density at radius 2 is 2.17 bits per heavy atom. The first-order valence-electron chi connectivity index (χ1n) is 6.24. The maximum atomic E-state index is 9.17. The molecule has 2 rings (SSSR count). The van der Waals surface area contributed by atoms with Crippen molar-refractivity contribution in [1.82, 2.24) is 0 Å². The monoisotopic (exact) mass is 264 g/mol. The lowest BCUT2D eigenvalue weighted by Crippen LogP contribution is -2.31. The highest BCUT2D eigenvalue weighted by molar-refractivity contribution is 6.30. The highest BCUT2D eigenvalue weighted by atomic mass is 35.5. The summed E-state index contributed by atoms with van der Waals surface area (Å²) < 4.78 is 5.31. The van der Waals surface area contributed by atoms with E-state index in [1.54, 1.807) is 13.2 Å². The van der Waals surface area contributed by atoms with Gasteiger partial charge in [0.15, 0.2) is 0 Å². The van der Waals surface area contributed by atoms with Crippen molar-refractivity contribution in [2.75, 3.05) is 12.4 Å². The Bertz CT molecular complexity index is 456. The Morgan fingerprint density at radius 1 is 1.39 bits per heavy atom. The summed E-state index contributed by atoms with van der Waals surface area (Å²) in [5, 5.41) is 13.3. The summed E-state index contributed by atoms with van der Waals surface area (Å²) in [5.74, 6) is 0.837. The van der Waals surface area contributed by atoms with Crippen molar-refractivity contribution < 1.29 is 4.74 Å². The largest absolute Gasteiger partial charge is 0.495 e. The van der Waals surface area contributed by atoms with Crippen LogP contribution in [-0.4, -0.2) is 13.2 Å². The quantitative estimate of drug-likeness (QED) is 0.902. The molecule has 1 aliphatic carbocycles. The first-order chi connectivity index (χ1) is 8.74. The molecular weight excluding hydrogens is 248 g/mol. The van der Waals surface area contributed by atoms with E-state index >= 15 is 0 Å². The topological polar surface area (TPSA) is 45.0 Å². The number of rotatable bonds is 3. The van der Waals surface area contributed by atoms with Gasteiger partial charge in [0.2, 0.25) is 0 Å². The Kier molecular flexibility index (Phi) is 4.33. The zero-order chi connectivity index (χ0) is 13.0. The predicted molar refractivity (Wildman–Crippen MR) is 73.0 cm³/mol. The van der Waals surface area contributed by atoms with Crippen LogP contribution in [0.1, 0.15) is 25.7 Å². The van der Waals surface area contributed by atoms with Crippen LogP contribution < -0.4 is 10.1 Å². The lowest BCUT2D eigenvalue weighted by Gasteiger charge is -2.29. The molecule has 1 aromatic carbocycles. The van der Waals surface area contributed by atoms with Crippen LogP contribution in [-0.2, 0) is 0 Å². The fourth-order valence-corrected chi connectivity index (χ4v) is 2.62. The molecule has 1 N–H and O–H groups in total. The second-order valence-corrected chi connectivity index (χ2v) is 5.05. The van der Waals surface area contributed by atoms with E-state index in [4.69, 9.17) is 16.3 Å². The molecule has 0 bridgehead atoms. The maximum absolute atomic E-state index is 9.17. The molecule has 3 nitrogen and oxygen atoms in total. The smallest absolute Gasteiger partial charge is 0.142 e. The fourth-order valence-electron chi connectivity index (χ4n) is 2.45. The molecule has 2 unspecified atom stereocenters. The third-order valence-corrected chi connectivity index (χ3v) is 3.67. The number of benzene rings is 1. The molecule has 1 aromatic rings.